The van der Waals surface area contributed by atoms with Gasteiger partial charge in [0.2, 0.25) is 11.8 Å². The van der Waals surface area contributed by atoms with Crippen LogP contribution < -0.4 is 19.7 Å². The van der Waals surface area contributed by atoms with Crippen molar-refractivity contribution in [3.8, 4) is 17.6 Å². The van der Waals surface area contributed by atoms with Crippen molar-refractivity contribution in [1.29, 1.82) is 0 Å². The van der Waals surface area contributed by atoms with Gasteiger partial charge in [-0.05, 0) is 56.7 Å². The third-order valence-corrected chi connectivity index (χ3v) is 6.86. The van der Waals surface area contributed by atoms with E-state index < -0.39 is 0 Å². The Morgan fingerprint density at radius 2 is 1.88 bits per heavy atom. The second-order valence-corrected chi connectivity index (χ2v) is 9.43. The van der Waals surface area contributed by atoms with Gasteiger partial charge in [-0.2, -0.15) is 4.98 Å². The maximum absolute atomic E-state index is 6.28. The standard InChI is InChI=1S/C24H29ClN6O2/c1-15(2)31-24(33-20-7-5-4-6-19(20)25)28-23(29-31)27-22-16-8-9-17(22)14-30(13-16)18-10-11-26-21(12-18)32-3/h4-7,10-12,15-17,22H,8-9,13-14H2,1-3H3,(H,27,29)/t16-,17+,22+. The normalized spacial score (nSPS) is 22.0. The van der Waals surface area contributed by atoms with E-state index in [1.165, 1.54) is 12.8 Å². The molecule has 174 valence electrons. The molecule has 2 aliphatic rings. The third kappa shape index (κ3) is 4.44. The lowest BCUT2D eigenvalue weighted by Crippen LogP contribution is -2.48. The maximum atomic E-state index is 6.28. The Bertz CT molecular complexity index is 1110. The van der Waals surface area contributed by atoms with Gasteiger partial charge in [-0.15, -0.1) is 5.10 Å². The van der Waals surface area contributed by atoms with E-state index in [1.807, 2.05) is 30.5 Å². The van der Waals surface area contributed by atoms with Crippen LogP contribution in [0.1, 0.15) is 32.7 Å². The highest BCUT2D eigenvalue weighted by Crippen LogP contribution is 2.40. The van der Waals surface area contributed by atoms with Gasteiger partial charge in [-0.1, -0.05) is 23.7 Å². The number of ether oxygens (including phenoxy) is 2. The Balaban J connectivity index is 1.32. The van der Waals surface area contributed by atoms with Crippen molar-refractivity contribution in [1.82, 2.24) is 19.7 Å². The molecule has 1 N–H and O–H groups in total. The molecule has 3 aromatic rings. The number of hydrogen-bond acceptors (Lipinski definition) is 7. The average molecular weight is 469 g/mol. The number of aromatic nitrogens is 4. The molecule has 0 unspecified atom stereocenters. The smallest absolute Gasteiger partial charge is 0.322 e. The molecule has 5 rings (SSSR count). The van der Waals surface area contributed by atoms with Crippen molar-refractivity contribution in [2.75, 3.05) is 30.4 Å². The zero-order valence-corrected chi connectivity index (χ0v) is 19.9. The molecular formula is C24H29ClN6O2. The lowest BCUT2D eigenvalue weighted by Gasteiger charge is -2.39. The topological polar surface area (TPSA) is 77.3 Å². The predicted octanol–water partition coefficient (Wildman–Crippen LogP) is 5.04. The molecule has 33 heavy (non-hydrogen) atoms. The molecule has 2 bridgehead atoms. The molecule has 1 saturated carbocycles. The summed E-state index contributed by atoms with van der Waals surface area (Å²) in [5.41, 5.74) is 1.16. The van der Waals surface area contributed by atoms with E-state index in [9.17, 15) is 0 Å². The first-order valence-electron chi connectivity index (χ1n) is 11.4. The van der Waals surface area contributed by atoms with Crippen LogP contribution in [0.25, 0.3) is 0 Å². The summed E-state index contributed by atoms with van der Waals surface area (Å²) >= 11 is 6.28. The Hall–Kier alpha value is -3.00. The molecule has 3 heterocycles. The van der Waals surface area contributed by atoms with E-state index in [0.717, 1.165) is 18.8 Å². The highest BCUT2D eigenvalue weighted by atomic mass is 35.5. The number of methoxy groups -OCH3 is 1. The zero-order chi connectivity index (χ0) is 22.9. The van der Waals surface area contributed by atoms with E-state index in [2.05, 4.69) is 40.1 Å². The van der Waals surface area contributed by atoms with Crippen LogP contribution in [0.5, 0.6) is 17.6 Å². The molecule has 1 aliphatic carbocycles. The Morgan fingerprint density at radius 3 is 2.58 bits per heavy atom. The molecule has 2 fully saturated rings. The van der Waals surface area contributed by atoms with Crippen LogP contribution in [0.3, 0.4) is 0 Å². The fourth-order valence-electron chi connectivity index (χ4n) is 4.93. The first-order valence-corrected chi connectivity index (χ1v) is 11.8. The minimum absolute atomic E-state index is 0.103. The molecule has 2 aromatic heterocycles. The average Bonchev–Trinajstić information content (AvgIpc) is 3.31. The van der Waals surface area contributed by atoms with Crippen LogP contribution in [0, 0.1) is 11.8 Å². The first-order chi connectivity index (χ1) is 16.0. The number of halogens is 1. The van der Waals surface area contributed by atoms with Gasteiger partial charge >= 0.3 is 6.01 Å². The van der Waals surface area contributed by atoms with Gasteiger partial charge in [0.15, 0.2) is 0 Å². The summed E-state index contributed by atoms with van der Waals surface area (Å²) in [5, 5.41) is 8.89. The molecule has 9 heteroatoms. The number of benzene rings is 1. The quantitative estimate of drug-likeness (QED) is 0.520. The SMILES string of the molecule is COc1cc(N2C[C@H]3CC[C@@H](C2)[C@H]3Nc2nc(Oc3ccccc3Cl)n(C(C)C)n2)ccn1. The van der Waals surface area contributed by atoms with Crippen LogP contribution in [-0.4, -0.2) is 46.0 Å². The summed E-state index contributed by atoms with van der Waals surface area (Å²) in [4.78, 5) is 11.4. The highest BCUT2D eigenvalue weighted by molar-refractivity contribution is 6.32. The highest BCUT2D eigenvalue weighted by Gasteiger charge is 2.42. The maximum Gasteiger partial charge on any atom is 0.322 e. The third-order valence-electron chi connectivity index (χ3n) is 6.55. The number of piperidine rings is 1. The summed E-state index contributed by atoms with van der Waals surface area (Å²) in [5.74, 6) is 2.85. The number of pyridine rings is 1. The van der Waals surface area contributed by atoms with Gasteiger partial charge in [0.05, 0.1) is 18.2 Å². The molecule has 0 radical (unpaired) electrons. The summed E-state index contributed by atoms with van der Waals surface area (Å²) in [7, 11) is 1.65. The number of rotatable bonds is 7. The number of hydrogen-bond donors (Lipinski definition) is 1. The van der Waals surface area contributed by atoms with Crippen molar-refractivity contribution in [2.45, 2.75) is 38.8 Å². The minimum atomic E-state index is 0.103. The zero-order valence-electron chi connectivity index (χ0n) is 19.1. The second-order valence-electron chi connectivity index (χ2n) is 9.02. The van der Waals surface area contributed by atoms with Crippen molar-refractivity contribution >= 4 is 23.2 Å². The molecule has 1 aliphatic heterocycles. The summed E-state index contributed by atoms with van der Waals surface area (Å²) < 4.78 is 13.1. The largest absolute Gasteiger partial charge is 0.481 e. The minimum Gasteiger partial charge on any atom is -0.481 e. The second kappa shape index (κ2) is 9.09. The van der Waals surface area contributed by atoms with E-state index in [-0.39, 0.29) is 6.04 Å². The van der Waals surface area contributed by atoms with Gasteiger partial charge in [0.1, 0.15) is 5.75 Å². The first kappa shape index (κ1) is 21.8. The van der Waals surface area contributed by atoms with Crippen molar-refractivity contribution < 1.29 is 9.47 Å². The van der Waals surface area contributed by atoms with E-state index >= 15 is 0 Å². The van der Waals surface area contributed by atoms with Gasteiger partial charge in [0, 0.05) is 37.1 Å². The van der Waals surface area contributed by atoms with Gasteiger partial charge in [0.25, 0.3) is 0 Å². The number of anilines is 2. The summed E-state index contributed by atoms with van der Waals surface area (Å²) in [6.07, 6.45) is 4.19. The van der Waals surface area contributed by atoms with Crippen LogP contribution in [0.4, 0.5) is 11.6 Å². The molecule has 8 nitrogen and oxygen atoms in total. The molecule has 1 saturated heterocycles. The summed E-state index contributed by atoms with van der Waals surface area (Å²) in [6, 6.07) is 12.3. The van der Waals surface area contributed by atoms with Crippen molar-refractivity contribution in [3.05, 3.63) is 47.6 Å². The molecular weight excluding hydrogens is 440 g/mol. The Morgan fingerprint density at radius 1 is 1.12 bits per heavy atom. The lowest BCUT2D eigenvalue weighted by atomic mass is 9.92. The molecule has 3 atom stereocenters. The van der Waals surface area contributed by atoms with Gasteiger partial charge in [-0.25, -0.2) is 9.67 Å². The van der Waals surface area contributed by atoms with E-state index in [0.29, 0.717) is 46.5 Å². The molecule has 0 spiro atoms. The monoisotopic (exact) mass is 468 g/mol. The van der Waals surface area contributed by atoms with Gasteiger partial charge < -0.3 is 19.7 Å². The molecule has 0 amide bonds. The summed E-state index contributed by atoms with van der Waals surface area (Å²) in [6.45, 7) is 6.08. The number of nitrogens with zero attached hydrogens (tertiary/aromatic N) is 5. The predicted molar refractivity (Wildman–Crippen MR) is 129 cm³/mol. The fourth-order valence-corrected chi connectivity index (χ4v) is 5.10. The fraction of sp³-hybridized carbons (Fsp3) is 0.458. The Kier molecular flexibility index (Phi) is 6.01. The van der Waals surface area contributed by atoms with Crippen molar-refractivity contribution in [2.24, 2.45) is 11.8 Å². The Labute approximate surface area is 198 Å². The van der Waals surface area contributed by atoms with Gasteiger partial charge in [-0.3, -0.25) is 0 Å². The van der Waals surface area contributed by atoms with Crippen LogP contribution >= 0.6 is 11.6 Å². The number of fused-ring (bicyclic) bond motifs is 2. The van der Waals surface area contributed by atoms with E-state index in [4.69, 9.17) is 26.2 Å². The number of para-hydroxylation sites is 1. The number of nitrogens with one attached hydrogen (secondary N) is 1. The van der Waals surface area contributed by atoms with Crippen LogP contribution in [0.2, 0.25) is 5.02 Å². The molecule has 1 aromatic carbocycles. The van der Waals surface area contributed by atoms with Crippen LogP contribution in [0.15, 0.2) is 42.6 Å². The van der Waals surface area contributed by atoms with Crippen LogP contribution in [-0.2, 0) is 0 Å². The lowest BCUT2D eigenvalue weighted by molar-refractivity contribution is 0.373. The van der Waals surface area contributed by atoms with Crippen molar-refractivity contribution in [3.63, 3.8) is 0 Å². The van der Waals surface area contributed by atoms with E-state index in [1.54, 1.807) is 17.9 Å².